The molecule has 136 valence electrons. The summed E-state index contributed by atoms with van der Waals surface area (Å²) in [5.41, 5.74) is 1.23. The van der Waals surface area contributed by atoms with Gasteiger partial charge in [0.15, 0.2) is 0 Å². The van der Waals surface area contributed by atoms with Crippen molar-refractivity contribution in [2.75, 3.05) is 45.9 Å². The van der Waals surface area contributed by atoms with Gasteiger partial charge in [-0.3, -0.25) is 14.5 Å². The van der Waals surface area contributed by atoms with E-state index in [1.807, 2.05) is 23.1 Å². The molecule has 1 atom stereocenters. The molecule has 0 saturated carbocycles. The first kappa shape index (κ1) is 17.9. The highest BCUT2D eigenvalue weighted by molar-refractivity contribution is 5.81. The van der Waals surface area contributed by atoms with Crippen LogP contribution in [0.3, 0.4) is 0 Å². The molecule has 2 aliphatic rings. The minimum Gasteiger partial charge on any atom is -0.368 e. The van der Waals surface area contributed by atoms with Crippen LogP contribution in [0.25, 0.3) is 0 Å². The van der Waals surface area contributed by atoms with Gasteiger partial charge in [0.2, 0.25) is 5.91 Å². The summed E-state index contributed by atoms with van der Waals surface area (Å²) < 4.78 is 5.47. The van der Waals surface area contributed by atoms with Crippen LogP contribution in [0.15, 0.2) is 30.3 Å². The lowest BCUT2D eigenvalue weighted by atomic mass is 10.1. The van der Waals surface area contributed by atoms with Crippen LogP contribution < -0.4 is 5.32 Å². The van der Waals surface area contributed by atoms with Crippen LogP contribution >= 0.6 is 0 Å². The molecule has 1 aromatic carbocycles. The highest BCUT2D eigenvalue weighted by Gasteiger charge is 2.30. The Kier molecular flexibility index (Phi) is 6.42. The van der Waals surface area contributed by atoms with Gasteiger partial charge in [-0.2, -0.15) is 0 Å². The first-order valence-electron chi connectivity index (χ1n) is 9.16. The first-order valence-corrected chi connectivity index (χ1v) is 9.16. The van der Waals surface area contributed by atoms with Gasteiger partial charge in [0, 0.05) is 39.3 Å². The van der Waals surface area contributed by atoms with Crippen LogP contribution in [0, 0.1) is 0 Å². The lowest BCUT2D eigenvalue weighted by Gasteiger charge is -2.35. The number of hydrogen-bond donors (Lipinski definition) is 1. The molecule has 2 heterocycles. The van der Waals surface area contributed by atoms with Crippen molar-refractivity contribution < 1.29 is 14.3 Å². The topological polar surface area (TPSA) is 61.9 Å². The molecule has 6 heteroatoms. The molecule has 1 N–H and O–H groups in total. The predicted octanol–water partition coefficient (Wildman–Crippen LogP) is 0.669. The Labute approximate surface area is 149 Å². The minimum atomic E-state index is -0.243. The van der Waals surface area contributed by atoms with Crippen LogP contribution in [-0.2, 0) is 20.7 Å². The number of amides is 2. The Morgan fingerprint density at radius 2 is 1.88 bits per heavy atom. The standard InChI is InChI=1S/C19H27N3O3/c23-18(20-9-8-16-5-2-1-3-6-16)15-21-10-12-22(13-11-21)19(24)17-7-4-14-25-17/h1-3,5-6,17H,4,7-15H2,(H,20,23). The summed E-state index contributed by atoms with van der Waals surface area (Å²) in [6.07, 6.45) is 2.41. The maximum Gasteiger partial charge on any atom is 0.251 e. The van der Waals surface area contributed by atoms with E-state index in [4.69, 9.17) is 4.74 Å². The average molecular weight is 345 g/mol. The molecular weight excluding hydrogens is 318 g/mol. The Balaban J connectivity index is 1.32. The zero-order valence-corrected chi connectivity index (χ0v) is 14.7. The molecule has 1 aromatic rings. The smallest absolute Gasteiger partial charge is 0.251 e. The number of rotatable bonds is 6. The fraction of sp³-hybridized carbons (Fsp3) is 0.579. The monoisotopic (exact) mass is 345 g/mol. The molecule has 0 aliphatic carbocycles. The first-order chi connectivity index (χ1) is 12.2. The zero-order chi connectivity index (χ0) is 17.5. The van der Waals surface area contributed by atoms with Gasteiger partial charge in [-0.1, -0.05) is 30.3 Å². The van der Waals surface area contributed by atoms with Crippen LogP contribution in [-0.4, -0.2) is 73.6 Å². The van der Waals surface area contributed by atoms with Gasteiger partial charge in [0.05, 0.1) is 6.54 Å². The molecule has 0 bridgehead atoms. The number of carbonyl (C=O) groups is 2. The number of nitrogens with one attached hydrogen (secondary N) is 1. The van der Waals surface area contributed by atoms with Crippen molar-refractivity contribution in [2.24, 2.45) is 0 Å². The van der Waals surface area contributed by atoms with Gasteiger partial charge >= 0.3 is 0 Å². The highest BCUT2D eigenvalue weighted by atomic mass is 16.5. The molecule has 1 unspecified atom stereocenters. The van der Waals surface area contributed by atoms with Crippen molar-refractivity contribution in [1.29, 1.82) is 0 Å². The zero-order valence-electron chi connectivity index (χ0n) is 14.7. The van der Waals surface area contributed by atoms with Crippen molar-refractivity contribution in [3.05, 3.63) is 35.9 Å². The molecule has 0 aromatic heterocycles. The second-order valence-corrected chi connectivity index (χ2v) is 6.69. The summed E-state index contributed by atoms with van der Waals surface area (Å²) in [5, 5.41) is 2.98. The number of piperazine rings is 1. The van der Waals surface area contributed by atoms with E-state index in [-0.39, 0.29) is 17.9 Å². The maximum atomic E-state index is 12.3. The largest absolute Gasteiger partial charge is 0.368 e. The Hall–Kier alpha value is -1.92. The van der Waals surface area contributed by atoms with Crippen molar-refractivity contribution in [3.63, 3.8) is 0 Å². The summed E-state index contributed by atoms with van der Waals surface area (Å²) in [6.45, 7) is 4.58. The Bertz CT molecular complexity index is 565. The molecule has 0 spiro atoms. The van der Waals surface area contributed by atoms with E-state index < -0.39 is 0 Å². The summed E-state index contributed by atoms with van der Waals surface area (Å²) in [4.78, 5) is 28.4. The Morgan fingerprint density at radius 1 is 1.12 bits per heavy atom. The molecular formula is C19H27N3O3. The molecule has 2 saturated heterocycles. The number of hydrogen-bond acceptors (Lipinski definition) is 4. The molecule has 2 aliphatic heterocycles. The van der Waals surface area contributed by atoms with Gasteiger partial charge in [0.25, 0.3) is 5.91 Å². The normalized spacial score (nSPS) is 21.3. The second kappa shape index (κ2) is 8.97. The molecule has 2 fully saturated rings. The number of benzene rings is 1. The fourth-order valence-electron chi connectivity index (χ4n) is 3.35. The minimum absolute atomic E-state index is 0.0508. The molecule has 0 radical (unpaired) electrons. The van der Waals surface area contributed by atoms with Gasteiger partial charge < -0.3 is 15.0 Å². The van der Waals surface area contributed by atoms with E-state index in [0.29, 0.717) is 32.8 Å². The van der Waals surface area contributed by atoms with Gasteiger partial charge in [-0.05, 0) is 24.8 Å². The van der Waals surface area contributed by atoms with E-state index >= 15 is 0 Å². The third-order valence-electron chi connectivity index (χ3n) is 4.83. The van der Waals surface area contributed by atoms with Gasteiger partial charge in [0.1, 0.15) is 6.10 Å². The van der Waals surface area contributed by atoms with Crippen molar-refractivity contribution in [2.45, 2.75) is 25.4 Å². The SMILES string of the molecule is O=C(CN1CCN(C(=O)C2CCCO2)CC1)NCCc1ccccc1. The third kappa shape index (κ3) is 5.28. The van der Waals surface area contributed by atoms with Crippen LogP contribution in [0.1, 0.15) is 18.4 Å². The maximum absolute atomic E-state index is 12.3. The van der Waals surface area contributed by atoms with Crippen LogP contribution in [0.4, 0.5) is 0 Å². The van der Waals surface area contributed by atoms with E-state index in [1.54, 1.807) is 0 Å². The third-order valence-corrected chi connectivity index (χ3v) is 4.83. The average Bonchev–Trinajstić information content (AvgIpc) is 3.17. The quantitative estimate of drug-likeness (QED) is 0.823. The van der Waals surface area contributed by atoms with E-state index in [9.17, 15) is 9.59 Å². The lowest BCUT2D eigenvalue weighted by Crippen LogP contribution is -2.53. The van der Waals surface area contributed by atoms with Crippen molar-refractivity contribution >= 4 is 11.8 Å². The summed E-state index contributed by atoms with van der Waals surface area (Å²) in [5.74, 6) is 0.166. The number of nitrogens with zero attached hydrogens (tertiary/aromatic N) is 2. The van der Waals surface area contributed by atoms with Gasteiger partial charge in [-0.25, -0.2) is 0 Å². The fourth-order valence-corrected chi connectivity index (χ4v) is 3.35. The summed E-state index contributed by atoms with van der Waals surface area (Å²) in [7, 11) is 0. The van der Waals surface area contributed by atoms with E-state index in [2.05, 4.69) is 22.3 Å². The van der Waals surface area contributed by atoms with Crippen molar-refractivity contribution in [3.8, 4) is 0 Å². The Morgan fingerprint density at radius 3 is 2.56 bits per heavy atom. The van der Waals surface area contributed by atoms with Crippen LogP contribution in [0.2, 0.25) is 0 Å². The van der Waals surface area contributed by atoms with Crippen molar-refractivity contribution in [1.82, 2.24) is 15.1 Å². The predicted molar refractivity (Wildman–Crippen MR) is 95.1 cm³/mol. The molecule has 6 nitrogen and oxygen atoms in total. The molecule has 2 amide bonds. The summed E-state index contributed by atoms with van der Waals surface area (Å²) in [6, 6.07) is 10.1. The molecule has 3 rings (SSSR count). The van der Waals surface area contributed by atoms with E-state index in [1.165, 1.54) is 5.56 Å². The van der Waals surface area contributed by atoms with E-state index in [0.717, 1.165) is 32.4 Å². The second-order valence-electron chi connectivity index (χ2n) is 6.69. The lowest BCUT2D eigenvalue weighted by molar-refractivity contribution is -0.142. The molecule has 25 heavy (non-hydrogen) atoms. The summed E-state index contributed by atoms with van der Waals surface area (Å²) >= 11 is 0. The van der Waals surface area contributed by atoms with Gasteiger partial charge in [-0.15, -0.1) is 0 Å². The van der Waals surface area contributed by atoms with Crippen LogP contribution in [0.5, 0.6) is 0 Å². The number of ether oxygens (including phenoxy) is 1. The number of carbonyl (C=O) groups excluding carboxylic acids is 2. The highest BCUT2D eigenvalue weighted by Crippen LogP contribution is 2.15.